The third-order valence-corrected chi connectivity index (χ3v) is 11.3. The van der Waals surface area contributed by atoms with Crippen LogP contribution in [-0.4, -0.2) is 21.4 Å². The second-order valence-electron chi connectivity index (χ2n) is 10.2. The number of ketones is 1. The van der Waals surface area contributed by atoms with Gasteiger partial charge in [0.15, 0.2) is 0 Å². The van der Waals surface area contributed by atoms with Gasteiger partial charge in [-0.1, -0.05) is 27.7 Å². The maximum absolute atomic E-state index is 13.3. The molecule has 1 nitrogen and oxygen atoms in total. The fourth-order valence-electron chi connectivity index (χ4n) is 6.23. The Morgan fingerprint density at radius 1 is 1.15 bits per heavy atom. The molecule has 0 radical (unpaired) electrons. The van der Waals surface area contributed by atoms with Gasteiger partial charge >= 0.3 is 0 Å². The van der Waals surface area contributed by atoms with E-state index >= 15 is 0 Å². The van der Waals surface area contributed by atoms with Gasteiger partial charge in [0, 0.05) is 12.3 Å². The monoisotopic (exact) mass is 396 g/mol. The summed E-state index contributed by atoms with van der Waals surface area (Å²) in [6.45, 7) is 12.1. The highest BCUT2D eigenvalue weighted by molar-refractivity contribution is 8.18. The summed E-state index contributed by atoms with van der Waals surface area (Å²) in [6.07, 6.45) is 9.61. The van der Waals surface area contributed by atoms with Crippen molar-refractivity contribution in [1.82, 2.24) is 0 Å². The molecule has 2 aliphatic carbocycles. The lowest BCUT2D eigenvalue weighted by atomic mass is 9.60. The fraction of sp³-hybridized carbons (Fsp3) is 0.957. The van der Waals surface area contributed by atoms with Gasteiger partial charge in [0.05, 0.1) is 4.08 Å². The molecule has 3 aliphatic rings. The number of thioether (sulfide) groups is 2. The predicted molar refractivity (Wildman–Crippen MR) is 118 cm³/mol. The van der Waals surface area contributed by atoms with Crippen molar-refractivity contribution in [3.63, 3.8) is 0 Å². The number of hydrogen-bond donors (Lipinski definition) is 0. The molecule has 0 aromatic heterocycles. The van der Waals surface area contributed by atoms with Gasteiger partial charge in [0.2, 0.25) is 0 Å². The van der Waals surface area contributed by atoms with E-state index in [-0.39, 0.29) is 5.41 Å². The van der Waals surface area contributed by atoms with Crippen LogP contribution in [0, 0.1) is 35.0 Å². The minimum Gasteiger partial charge on any atom is -0.299 e. The molecular formula is C23H40OS2. The van der Waals surface area contributed by atoms with Gasteiger partial charge in [-0.25, -0.2) is 0 Å². The third kappa shape index (κ3) is 4.34. The van der Waals surface area contributed by atoms with E-state index in [2.05, 4.69) is 58.1 Å². The van der Waals surface area contributed by atoms with E-state index in [1.165, 1.54) is 43.6 Å². The molecule has 1 saturated heterocycles. The van der Waals surface area contributed by atoms with E-state index in [1.807, 2.05) is 0 Å². The lowest BCUT2D eigenvalue weighted by Gasteiger charge is -2.45. The van der Waals surface area contributed by atoms with Crippen molar-refractivity contribution >= 4 is 29.3 Å². The Kier molecular flexibility index (Phi) is 6.81. The molecule has 2 saturated carbocycles. The van der Waals surface area contributed by atoms with E-state index < -0.39 is 0 Å². The van der Waals surface area contributed by atoms with Gasteiger partial charge in [-0.2, -0.15) is 0 Å². The molecule has 0 amide bonds. The lowest BCUT2D eigenvalue weighted by Crippen LogP contribution is -2.42. The largest absolute Gasteiger partial charge is 0.299 e. The summed E-state index contributed by atoms with van der Waals surface area (Å²) in [6, 6.07) is 0. The number of hydrogen-bond acceptors (Lipinski definition) is 3. The molecule has 0 spiro atoms. The Bertz CT molecular complexity index is 496. The summed E-state index contributed by atoms with van der Waals surface area (Å²) in [4.78, 5) is 13.3. The Labute approximate surface area is 170 Å². The van der Waals surface area contributed by atoms with Crippen LogP contribution in [0.5, 0.6) is 0 Å². The van der Waals surface area contributed by atoms with Crippen LogP contribution in [0.25, 0.3) is 0 Å². The highest BCUT2D eigenvalue weighted by Crippen LogP contribution is 2.59. The van der Waals surface area contributed by atoms with E-state index in [0.717, 1.165) is 37.0 Å². The van der Waals surface area contributed by atoms with Crippen molar-refractivity contribution in [2.75, 3.05) is 11.5 Å². The molecule has 26 heavy (non-hydrogen) atoms. The van der Waals surface area contributed by atoms with Gasteiger partial charge in [0.25, 0.3) is 0 Å². The molecular weight excluding hydrogens is 356 g/mol. The third-order valence-electron chi connectivity index (χ3n) is 7.95. The first-order valence-corrected chi connectivity index (χ1v) is 13.0. The van der Waals surface area contributed by atoms with Crippen molar-refractivity contribution in [3.8, 4) is 0 Å². The van der Waals surface area contributed by atoms with Crippen LogP contribution in [0.1, 0.15) is 86.0 Å². The first-order valence-electron chi connectivity index (χ1n) is 11.1. The summed E-state index contributed by atoms with van der Waals surface area (Å²) >= 11 is 4.29. The minimum absolute atomic E-state index is 0.251. The van der Waals surface area contributed by atoms with Crippen molar-refractivity contribution in [3.05, 3.63) is 0 Å². The first-order chi connectivity index (χ1) is 12.3. The van der Waals surface area contributed by atoms with Crippen LogP contribution in [-0.2, 0) is 4.79 Å². The van der Waals surface area contributed by atoms with E-state index in [4.69, 9.17) is 0 Å². The van der Waals surface area contributed by atoms with Crippen molar-refractivity contribution < 1.29 is 4.79 Å². The van der Waals surface area contributed by atoms with Crippen molar-refractivity contribution in [2.24, 2.45) is 35.0 Å². The molecule has 150 valence electrons. The Morgan fingerprint density at radius 3 is 2.50 bits per heavy atom. The summed E-state index contributed by atoms with van der Waals surface area (Å²) < 4.78 is 0.343. The van der Waals surface area contributed by atoms with Gasteiger partial charge < -0.3 is 0 Å². The molecule has 0 N–H and O–H groups in total. The zero-order chi connectivity index (χ0) is 18.9. The second kappa shape index (κ2) is 8.39. The highest BCUT2D eigenvalue weighted by Gasteiger charge is 2.53. The maximum Gasteiger partial charge on any atom is 0.136 e. The van der Waals surface area contributed by atoms with Crippen LogP contribution >= 0.6 is 23.5 Å². The zero-order valence-corrected chi connectivity index (χ0v) is 19.3. The molecule has 3 fully saturated rings. The van der Waals surface area contributed by atoms with Crippen LogP contribution in [0.15, 0.2) is 0 Å². The van der Waals surface area contributed by atoms with E-state index in [0.29, 0.717) is 21.7 Å². The second-order valence-corrected chi connectivity index (χ2v) is 13.6. The molecule has 3 rings (SSSR count). The number of rotatable bonds is 4. The molecule has 3 heteroatoms. The minimum atomic E-state index is 0.251. The SMILES string of the molecule is CC(C)[C@@H]1CC[C@@]2(C)[C@H](CCC3(C)SCCCS3)C(=O)CC[C@@H](C)C[C@@H]12. The van der Waals surface area contributed by atoms with Gasteiger partial charge in [-0.15, -0.1) is 23.5 Å². The summed E-state index contributed by atoms with van der Waals surface area (Å²) in [5.41, 5.74) is 0.251. The quantitative estimate of drug-likeness (QED) is 0.507. The van der Waals surface area contributed by atoms with Crippen LogP contribution < -0.4 is 0 Å². The molecule has 0 bridgehead atoms. The zero-order valence-electron chi connectivity index (χ0n) is 17.7. The molecule has 5 atom stereocenters. The Morgan fingerprint density at radius 2 is 1.85 bits per heavy atom. The van der Waals surface area contributed by atoms with Crippen LogP contribution in [0.4, 0.5) is 0 Å². The van der Waals surface area contributed by atoms with Crippen LogP contribution in [0.3, 0.4) is 0 Å². The number of Topliss-reactive ketones (excluding diaryl/α,β-unsaturated/α-hetero) is 1. The number of carbonyl (C=O) groups is 1. The summed E-state index contributed by atoms with van der Waals surface area (Å²) in [5.74, 6) is 6.56. The van der Waals surface area contributed by atoms with Gasteiger partial charge in [0.1, 0.15) is 5.78 Å². The molecule has 0 aromatic rings. The average Bonchev–Trinajstić information content (AvgIpc) is 2.90. The predicted octanol–water partition coefficient (Wildman–Crippen LogP) is 7.05. The summed E-state index contributed by atoms with van der Waals surface area (Å²) in [7, 11) is 0. The van der Waals surface area contributed by atoms with Crippen molar-refractivity contribution in [1.29, 1.82) is 0 Å². The number of fused-ring (bicyclic) bond motifs is 1. The lowest BCUT2D eigenvalue weighted by molar-refractivity contribution is -0.130. The van der Waals surface area contributed by atoms with E-state index in [1.54, 1.807) is 0 Å². The molecule has 1 heterocycles. The standard InChI is InChI=1S/C23H40OS2/c1-16(2)18-9-11-22(4)19(10-12-23(5)25-13-6-14-26-23)21(24)8-7-17(3)15-20(18)22/h16-20H,6-15H2,1-5H3/t17-,18+,19-,20+,22+/m1/s1. The molecule has 1 aliphatic heterocycles. The van der Waals surface area contributed by atoms with Crippen LogP contribution in [0.2, 0.25) is 0 Å². The van der Waals surface area contributed by atoms with Gasteiger partial charge in [-0.05, 0) is 92.5 Å². The maximum atomic E-state index is 13.3. The molecule has 0 aromatic carbocycles. The topological polar surface area (TPSA) is 17.1 Å². The highest BCUT2D eigenvalue weighted by atomic mass is 32.2. The van der Waals surface area contributed by atoms with E-state index in [9.17, 15) is 4.79 Å². The summed E-state index contributed by atoms with van der Waals surface area (Å²) in [5, 5.41) is 0. The van der Waals surface area contributed by atoms with Crippen molar-refractivity contribution in [2.45, 2.75) is 90.1 Å². The average molecular weight is 397 g/mol. The normalized spacial score (nSPS) is 40.9. The molecule has 0 unspecified atom stereocenters. The van der Waals surface area contributed by atoms with Gasteiger partial charge in [-0.3, -0.25) is 4.79 Å². The smallest absolute Gasteiger partial charge is 0.136 e. The Hall–Kier alpha value is 0.370. The first kappa shape index (κ1) is 21.1. The Balaban J connectivity index is 1.80. The fourth-order valence-corrected chi connectivity index (χ4v) is 9.21. The number of carbonyl (C=O) groups excluding carboxylic acids is 1.